The summed E-state index contributed by atoms with van der Waals surface area (Å²) in [5.41, 5.74) is -0.790. The van der Waals surface area contributed by atoms with Crippen LogP contribution in [0.2, 0.25) is 0 Å². The Morgan fingerprint density at radius 1 is 1.19 bits per heavy atom. The van der Waals surface area contributed by atoms with Crippen LogP contribution in [-0.4, -0.2) is 61.4 Å². The molecule has 1 aromatic carbocycles. The van der Waals surface area contributed by atoms with E-state index >= 15 is 0 Å². The second-order valence-electron chi connectivity index (χ2n) is 6.91. The van der Waals surface area contributed by atoms with Gasteiger partial charge in [0.1, 0.15) is 13.2 Å². The minimum Gasteiger partial charge on any atom is -0.486 e. The fourth-order valence-electron chi connectivity index (χ4n) is 3.56. The smallest absolute Gasteiger partial charge is 0.331 e. The Bertz CT molecular complexity index is 788. The maximum Gasteiger partial charge on any atom is 0.331 e. The van der Waals surface area contributed by atoms with Crippen molar-refractivity contribution in [3.8, 4) is 11.5 Å². The number of carbonyl (C=O) groups excluding carboxylic acids is 2. The van der Waals surface area contributed by atoms with E-state index in [-0.39, 0.29) is 38.5 Å². The molecule has 144 valence electrons. The molecule has 0 radical (unpaired) electrons. The number of carboxylic acid groups (broad SMARTS) is 1. The first kappa shape index (κ1) is 17.6. The fraction of sp³-hybridized carbons (Fsp3) is 0.500. The average molecular weight is 376 g/mol. The van der Waals surface area contributed by atoms with E-state index in [1.807, 2.05) is 0 Å². The van der Waals surface area contributed by atoms with Crippen LogP contribution >= 0.6 is 0 Å². The molecule has 0 spiro atoms. The highest BCUT2D eigenvalue weighted by Gasteiger charge is 2.46. The van der Waals surface area contributed by atoms with Gasteiger partial charge >= 0.3 is 5.97 Å². The van der Waals surface area contributed by atoms with Gasteiger partial charge in [-0.2, -0.15) is 0 Å². The van der Waals surface area contributed by atoms with Crippen LogP contribution < -0.4 is 19.7 Å². The molecule has 2 atom stereocenters. The third-order valence-corrected chi connectivity index (χ3v) is 5.13. The second-order valence-corrected chi connectivity index (χ2v) is 6.91. The van der Waals surface area contributed by atoms with Gasteiger partial charge in [0.15, 0.2) is 17.0 Å². The molecular weight excluding hydrogens is 356 g/mol. The number of amides is 2. The first-order valence-electron chi connectivity index (χ1n) is 8.82. The number of benzene rings is 1. The van der Waals surface area contributed by atoms with E-state index in [4.69, 9.17) is 14.2 Å². The Balaban J connectivity index is 1.47. The number of carbonyl (C=O) groups is 3. The van der Waals surface area contributed by atoms with Crippen LogP contribution in [0.1, 0.15) is 12.8 Å². The maximum absolute atomic E-state index is 12.6. The van der Waals surface area contributed by atoms with Crippen molar-refractivity contribution in [3.05, 3.63) is 18.2 Å². The largest absolute Gasteiger partial charge is 0.486 e. The van der Waals surface area contributed by atoms with E-state index in [1.54, 1.807) is 18.2 Å². The molecule has 0 saturated carbocycles. The van der Waals surface area contributed by atoms with Gasteiger partial charge in [-0.3, -0.25) is 9.59 Å². The van der Waals surface area contributed by atoms with E-state index in [1.165, 1.54) is 4.90 Å². The van der Waals surface area contributed by atoms with Crippen molar-refractivity contribution in [2.45, 2.75) is 18.4 Å². The molecule has 2 N–H and O–H groups in total. The van der Waals surface area contributed by atoms with E-state index in [9.17, 15) is 19.5 Å². The molecule has 2 saturated heterocycles. The van der Waals surface area contributed by atoms with Crippen molar-refractivity contribution in [2.24, 2.45) is 5.92 Å². The minimum atomic E-state index is -1.41. The van der Waals surface area contributed by atoms with Crippen LogP contribution in [0.15, 0.2) is 18.2 Å². The van der Waals surface area contributed by atoms with Crippen molar-refractivity contribution in [1.29, 1.82) is 0 Å². The minimum absolute atomic E-state index is 0.0246. The number of aliphatic carboxylic acids is 1. The number of hydrogen-bond acceptors (Lipinski definition) is 6. The Hall–Kier alpha value is -2.81. The van der Waals surface area contributed by atoms with Gasteiger partial charge in [0.25, 0.3) is 0 Å². The predicted molar refractivity (Wildman–Crippen MR) is 91.8 cm³/mol. The van der Waals surface area contributed by atoms with Gasteiger partial charge in [0, 0.05) is 37.7 Å². The zero-order chi connectivity index (χ0) is 19.0. The zero-order valence-electron chi connectivity index (χ0n) is 14.6. The average Bonchev–Trinajstić information content (AvgIpc) is 3.29. The molecule has 27 heavy (non-hydrogen) atoms. The monoisotopic (exact) mass is 376 g/mol. The molecule has 0 aliphatic carbocycles. The second kappa shape index (κ2) is 6.73. The number of hydrogen-bond donors (Lipinski definition) is 2. The highest BCUT2D eigenvalue weighted by molar-refractivity contribution is 6.01. The van der Waals surface area contributed by atoms with E-state index in [2.05, 4.69) is 5.32 Å². The lowest BCUT2D eigenvalue weighted by molar-refractivity contribution is -0.148. The Morgan fingerprint density at radius 2 is 1.96 bits per heavy atom. The molecule has 9 nitrogen and oxygen atoms in total. The van der Waals surface area contributed by atoms with Gasteiger partial charge < -0.3 is 29.5 Å². The summed E-state index contributed by atoms with van der Waals surface area (Å²) in [5, 5.41) is 12.0. The molecule has 9 heteroatoms. The van der Waals surface area contributed by atoms with Crippen molar-refractivity contribution in [3.63, 3.8) is 0 Å². The number of anilines is 1. The van der Waals surface area contributed by atoms with Crippen LogP contribution in [0.3, 0.4) is 0 Å². The summed E-state index contributed by atoms with van der Waals surface area (Å²) in [6, 6.07) is 5.20. The van der Waals surface area contributed by atoms with Crippen LogP contribution in [-0.2, 0) is 19.1 Å². The molecular formula is C18H20N2O7. The van der Waals surface area contributed by atoms with E-state index in [0.29, 0.717) is 30.4 Å². The Labute approximate surface area is 155 Å². The molecule has 0 aromatic heterocycles. The number of nitrogens with one attached hydrogen (secondary N) is 1. The lowest BCUT2D eigenvalue weighted by Gasteiger charge is -2.25. The highest BCUT2D eigenvalue weighted by atomic mass is 16.6. The van der Waals surface area contributed by atoms with Crippen LogP contribution in [0.5, 0.6) is 11.5 Å². The first-order valence-corrected chi connectivity index (χ1v) is 8.82. The number of carboxylic acids is 1. The molecule has 3 heterocycles. The molecule has 2 unspecified atom stereocenters. The van der Waals surface area contributed by atoms with Crippen molar-refractivity contribution in [1.82, 2.24) is 5.32 Å². The SMILES string of the molecule is O=C(NC1(C(=O)O)CCOC1)C1CC(=O)N(c2ccc3c(c2)OCCO3)C1. The van der Waals surface area contributed by atoms with Gasteiger partial charge in [0.2, 0.25) is 11.8 Å². The lowest BCUT2D eigenvalue weighted by Crippen LogP contribution is -2.56. The normalized spacial score (nSPS) is 26.9. The maximum atomic E-state index is 12.6. The van der Waals surface area contributed by atoms with Crippen molar-refractivity contribution in [2.75, 3.05) is 37.9 Å². The molecule has 3 aliphatic heterocycles. The zero-order valence-corrected chi connectivity index (χ0v) is 14.6. The topological polar surface area (TPSA) is 114 Å². The van der Waals surface area contributed by atoms with Gasteiger partial charge in [-0.1, -0.05) is 0 Å². The third kappa shape index (κ3) is 3.18. The van der Waals surface area contributed by atoms with Crippen LogP contribution in [0.4, 0.5) is 5.69 Å². The van der Waals surface area contributed by atoms with Crippen LogP contribution in [0.25, 0.3) is 0 Å². The summed E-state index contributed by atoms with van der Waals surface area (Å²) >= 11 is 0. The number of nitrogens with zero attached hydrogens (tertiary/aromatic N) is 1. The van der Waals surface area contributed by atoms with E-state index < -0.39 is 23.3 Å². The third-order valence-electron chi connectivity index (χ3n) is 5.13. The van der Waals surface area contributed by atoms with Crippen molar-refractivity contribution >= 4 is 23.5 Å². The van der Waals surface area contributed by atoms with Gasteiger partial charge in [0.05, 0.1) is 12.5 Å². The Kier molecular flexibility index (Phi) is 4.39. The standard InChI is InChI=1S/C18H20N2O7/c21-15-7-11(16(22)19-18(17(23)24)3-4-25-10-18)9-20(15)12-1-2-13-14(8-12)27-6-5-26-13/h1-2,8,11H,3-7,9-10H2,(H,19,22)(H,23,24). The summed E-state index contributed by atoms with van der Waals surface area (Å²) in [6.45, 7) is 1.31. The van der Waals surface area contributed by atoms with Gasteiger partial charge in [-0.25, -0.2) is 4.79 Å². The quantitative estimate of drug-likeness (QED) is 0.770. The van der Waals surface area contributed by atoms with Crippen molar-refractivity contribution < 1.29 is 33.7 Å². The van der Waals surface area contributed by atoms with E-state index in [0.717, 1.165) is 0 Å². The lowest BCUT2D eigenvalue weighted by atomic mass is 9.97. The van der Waals surface area contributed by atoms with Gasteiger partial charge in [-0.05, 0) is 12.1 Å². The van der Waals surface area contributed by atoms with Crippen LogP contribution in [0, 0.1) is 5.92 Å². The molecule has 3 aliphatic rings. The highest BCUT2D eigenvalue weighted by Crippen LogP contribution is 2.36. The molecule has 0 bridgehead atoms. The summed E-state index contributed by atoms with van der Waals surface area (Å²) in [4.78, 5) is 38.1. The summed E-state index contributed by atoms with van der Waals surface area (Å²) in [5.74, 6) is -1.21. The number of rotatable bonds is 4. The number of ether oxygens (including phenoxy) is 3. The summed E-state index contributed by atoms with van der Waals surface area (Å²) < 4.78 is 16.2. The first-order chi connectivity index (χ1) is 13.0. The molecule has 4 rings (SSSR count). The molecule has 2 fully saturated rings. The predicted octanol–water partition coefficient (Wildman–Crippen LogP) is 0.171. The summed E-state index contributed by atoms with van der Waals surface area (Å²) in [7, 11) is 0. The number of fused-ring (bicyclic) bond motifs is 1. The molecule has 1 aromatic rings. The molecule has 2 amide bonds. The van der Waals surface area contributed by atoms with Gasteiger partial charge in [-0.15, -0.1) is 0 Å². The fourth-order valence-corrected chi connectivity index (χ4v) is 3.56. The Morgan fingerprint density at radius 3 is 2.67 bits per heavy atom. The summed E-state index contributed by atoms with van der Waals surface area (Å²) in [6.07, 6.45) is 0.234.